The minimum absolute atomic E-state index is 0.536. The summed E-state index contributed by atoms with van der Waals surface area (Å²) in [6, 6.07) is 6.65. The molecule has 0 saturated carbocycles. The van der Waals surface area contributed by atoms with E-state index >= 15 is 0 Å². The first-order valence-electron chi connectivity index (χ1n) is 6.26. The molecule has 0 aliphatic rings. The first kappa shape index (κ1) is 14.3. The summed E-state index contributed by atoms with van der Waals surface area (Å²) in [6.45, 7) is 5.28. The van der Waals surface area contributed by atoms with E-state index in [2.05, 4.69) is 37.2 Å². The first-order valence-corrected chi connectivity index (χ1v) is 6.64. The average Bonchev–Trinajstić information content (AvgIpc) is 2.31. The summed E-state index contributed by atoms with van der Waals surface area (Å²) in [7, 11) is 4.09. The Balaban J connectivity index is 2.99. The van der Waals surface area contributed by atoms with E-state index in [4.69, 9.17) is 11.6 Å². The van der Waals surface area contributed by atoms with Crippen molar-refractivity contribution in [2.45, 2.75) is 39.3 Å². The Morgan fingerprint density at radius 1 is 1.41 bits per heavy atom. The van der Waals surface area contributed by atoms with Crippen LogP contribution in [0.3, 0.4) is 0 Å². The second-order valence-corrected chi connectivity index (χ2v) is 4.92. The van der Waals surface area contributed by atoms with Crippen LogP contribution in [0, 0.1) is 0 Å². The molecule has 0 fully saturated rings. The van der Waals surface area contributed by atoms with Crippen LogP contribution >= 0.6 is 11.6 Å². The van der Waals surface area contributed by atoms with Gasteiger partial charge in [-0.2, -0.15) is 0 Å². The third-order valence-corrected chi connectivity index (χ3v) is 3.55. The van der Waals surface area contributed by atoms with Gasteiger partial charge < -0.3 is 10.2 Å². The SMILES string of the molecule is CCCC(C)N(C)c1cccc(Cl)c1CNC. The Morgan fingerprint density at radius 3 is 2.71 bits per heavy atom. The van der Waals surface area contributed by atoms with Crippen molar-refractivity contribution in [2.75, 3.05) is 19.0 Å². The molecule has 0 aliphatic heterocycles. The van der Waals surface area contributed by atoms with Gasteiger partial charge in [0.2, 0.25) is 0 Å². The summed E-state index contributed by atoms with van der Waals surface area (Å²) in [5.74, 6) is 0. The molecule has 1 N–H and O–H groups in total. The van der Waals surface area contributed by atoms with E-state index in [0.29, 0.717) is 6.04 Å². The van der Waals surface area contributed by atoms with Crippen LogP contribution < -0.4 is 10.2 Å². The molecule has 0 bridgehead atoms. The fourth-order valence-electron chi connectivity index (χ4n) is 2.08. The van der Waals surface area contributed by atoms with Crippen molar-refractivity contribution in [3.8, 4) is 0 Å². The lowest BCUT2D eigenvalue weighted by Crippen LogP contribution is -2.30. The Bertz CT molecular complexity index is 352. The van der Waals surface area contributed by atoms with Crippen LogP contribution in [0.2, 0.25) is 5.02 Å². The predicted molar refractivity (Wildman–Crippen MR) is 77.0 cm³/mol. The molecule has 0 heterocycles. The van der Waals surface area contributed by atoms with Gasteiger partial charge in [-0.15, -0.1) is 0 Å². The molecule has 0 radical (unpaired) electrons. The molecular formula is C14H23ClN2. The summed E-state index contributed by atoms with van der Waals surface area (Å²) >= 11 is 6.27. The zero-order valence-corrected chi connectivity index (χ0v) is 12.0. The first-order chi connectivity index (χ1) is 8.11. The van der Waals surface area contributed by atoms with Gasteiger partial charge in [0.1, 0.15) is 0 Å². The van der Waals surface area contributed by atoms with Crippen LogP contribution in [0.1, 0.15) is 32.3 Å². The lowest BCUT2D eigenvalue weighted by atomic mass is 10.1. The van der Waals surface area contributed by atoms with Crippen molar-refractivity contribution >= 4 is 17.3 Å². The maximum atomic E-state index is 6.27. The van der Waals surface area contributed by atoms with Gasteiger partial charge in [-0.1, -0.05) is 31.0 Å². The molecule has 0 aromatic heterocycles. The van der Waals surface area contributed by atoms with Crippen molar-refractivity contribution in [1.82, 2.24) is 5.32 Å². The Hall–Kier alpha value is -0.730. The highest BCUT2D eigenvalue weighted by molar-refractivity contribution is 6.31. The van der Waals surface area contributed by atoms with E-state index in [9.17, 15) is 0 Å². The molecule has 0 amide bonds. The van der Waals surface area contributed by atoms with E-state index in [0.717, 1.165) is 11.6 Å². The number of nitrogens with zero attached hydrogens (tertiary/aromatic N) is 1. The molecular weight excluding hydrogens is 232 g/mol. The van der Waals surface area contributed by atoms with Crippen molar-refractivity contribution in [1.29, 1.82) is 0 Å². The molecule has 0 aliphatic carbocycles. The number of hydrogen-bond donors (Lipinski definition) is 1. The van der Waals surface area contributed by atoms with Crippen LogP contribution in [0.4, 0.5) is 5.69 Å². The van der Waals surface area contributed by atoms with Crippen LogP contribution in [0.15, 0.2) is 18.2 Å². The zero-order valence-electron chi connectivity index (χ0n) is 11.3. The fraction of sp³-hybridized carbons (Fsp3) is 0.571. The molecule has 1 aromatic carbocycles. The molecule has 1 unspecified atom stereocenters. The number of nitrogens with one attached hydrogen (secondary N) is 1. The summed E-state index contributed by atoms with van der Waals surface area (Å²) < 4.78 is 0. The van der Waals surface area contributed by atoms with E-state index in [1.807, 2.05) is 19.2 Å². The van der Waals surface area contributed by atoms with Crippen molar-refractivity contribution in [3.63, 3.8) is 0 Å². The van der Waals surface area contributed by atoms with E-state index in [1.54, 1.807) is 0 Å². The minimum Gasteiger partial charge on any atom is -0.372 e. The minimum atomic E-state index is 0.536. The van der Waals surface area contributed by atoms with Gasteiger partial charge in [0.25, 0.3) is 0 Å². The largest absolute Gasteiger partial charge is 0.372 e. The van der Waals surface area contributed by atoms with E-state index in [1.165, 1.54) is 24.1 Å². The second-order valence-electron chi connectivity index (χ2n) is 4.52. The summed E-state index contributed by atoms with van der Waals surface area (Å²) in [5, 5.41) is 4.02. The number of rotatable bonds is 6. The van der Waals surface area contributed by atoms with E-state index in [-0.39, 0.29) is 0 Å². The fourth-order valence-corrected chi connectivity index (χ4v) is 2.31. The van der Waals surface area contributed by atoms with Crippen molar-refractivity contribution in [2.24, 2.45) is 0 Å². The molecule has 1 rings (SSSR count). The highest BCUT2D eigenvalue weighted by Crippen LogP contribution is 2.28. The standard InChI is InChI=1S/C14H23ClN2/c1-5-7-11(2)17(4)14-9-6-8-13(15)12(14)10-16-3/h6,8-9,11,16H,5,7,10H2,1-4H3. The number of anilines is 1. The molecule has 1 aromatic rings. The molecule has 2 nitrogen and oxygen atoms in total. The van der Waals surface area contributed by atoms with Gasteiger partial charge in [0.05, 0.1) is 0 Å². The molecule has 3 heteroatoms. The normalized spacial score (nSPS) is 12.5. The van der Waals surface area contributed by atoms with Gasteiger partial charge >= 0.3 is 0 Å². The smallest absolute Gasteiger partial charge is 0.0471 e. The number of halogens is 1. The maximum absolute atomic E-state index is 6.27. The highest BCUT2D eigenvalue weighted by atomic mass is 35.5. The molecule has 1 atom stereocenters. The van der Waals surface area contributed by atoms with Crippen LogP contribution in [-0.4, -0.2) is 20.1 Å². The molecule has 0 saturated heterocycles. The highest BCUT2D eigenvalue weighted by Gasteiger charge is 2.14. The summed E-state index contributed by atoms with van der Waals surface area (Å²) in [6.07, 6.45) is 2.40. The van der Waals surface area contributed by atoms with Crippen molar-refractivity contribution < 1.29 is 0 Å². The topological polar surface area (TPSA) is 15.3 Å². The van der Waals surface area contributed by atoms with Gasteiger partial charge in [0.15, 0.2) is 0 Å². The molecule has 17 heavy (non-hydrogen) atoms. The third kappa shape index (κ3) is 3.62. The monoisotopic (exact) mass is 254 g/mol. The Morgan fingerprint density at radius 2 is 2.12 bits per heavy atom. The third-order valence-electron chi connectivity index (χ3n) is 3.20. The van der Waals surface area contributed by atoms with Crippen LogP contribution in [0.25, 0.3) is 0 Å². The second kappa shape index (κ2) is 6.87. The number of hydrogen-bond acceptors (Lipinski definition) is 2. The Kier molecular flexibility index (Phi) is 5.79. The molecule has 96 valence electrons. The molecule has 0 spiro atoms. The van der Waals surface area contributed by atoms with Gasteiger partial charge in [0, 0.05) is 35.9 Å². The lowest BCUT2D eigenvalue weighted by molar-refractivity contribution is 0.613. The van der Waals surface area contributed by atoms with E-state index < -0.39 is 0 Å². The summed E-state index contributed by atoms with van der Waals surface area (Å²) in [4.78, 5) is 2.32. The average molecular weight is 255 g/mol. The Labute approximate surface area is 110 Å². The van der Waals surface area contributed by atoms with Gasteiger partial charge in [-0.05, 0) is 32.5 Å². The lowest BCUT2D eigenvalue weighted by Gasteiger charge is -2.29. The summed E-state index contributed by atoms with van der Waals surface area (Å²) in [5.41, 5.74) is 2.41. The van der Waals surface area contributed by atoms with Crippen molar-refractivity contribution in [3.05, 3.63) is 28.8 Å². The quantitative estimate of drug-likeness (QED) is 0.833. The zero-order chi connectivity index (χ0) is 12.8. The van der Waals surface area contributed by atoms with Gasteiger partial charge in [-0.25, -0.2) is 0 Å². The van der Waals surface area contributed by atoms with Crippen LogP contribution in [-0.2, 0) is 6.54 Å². The van der Waals surface area contributed by atoms with Crippen LogP contribution in [0.5, 0.6) is 0 Å². The predicted octanol–water partition coefficient (Wildman–Crippen LogP) is 3.68. The number of benzene rings is 1. The maximum Gasteiger partial charge on any atom is 0.0471 e. The van der Waals surface area contributed by atoms with Gasteiger partial charge in [-0.3, -0.25) is 0 Å².